The van der Waals surface area contributed by atoms with Crippen LogP contribution < -0.4 is 9.30 Å². The smallest absolute Gasteiger partial charge is 0.367 e. The van der Waals surface area contributed by atoms with Gasteiger partial charge in [0.25, 0.3) is 0 Å². The van der Waals surface area contributed by atoms with Crippen molar-refractivity contribution in [1.29, 1.82) is 0 Å². The predicted molar refractivity (Wildman–Crippen MR) is 98.9 cm³/mol. The fourth-order valence-corrected chi connectivity index (χ4v) is 2.83. The minimum Gasteiger partial charge on any atom is -0.367 e. The first-order chi connectivity index (χ1) is 11.8. The van der Waals surface area contributed by atoms with Crippen LogP contribution in [-0.2, 0) is 11.3 Å². The van der Waals surface area contributed by atoms with Gasteiger partial charge in [-0.1, -0.05) is 71.3 Å². The number of rotatable bonds is 14. The van der Waals surface area contributed by atoms with Gasteiger partial charge in [0.05, 0.1) is 6.07 Å². The van der Waals surface area contributed by atoms with Crippen molar-refractivity contribution in [3.63, 3.8) is 0 Å². The van der Waals surface area contributed by atoms with Crippen molar-refractivity contribution in [3.8, 4) is 5.88 Å². The SMILES string of the molecule is C=CC(=O)Oc1cccc[n+]1CCCCCCCCCCCCC. The van der Waals surface area contributed by atoms with Crippen molar-refractivity contribution >= 4 is 5.97 Å². The standard InChI is InChI=1S/C21H34NO2/c1-3-5-6-7-8-9-10-11-12-13-15-18-22-19-16-14-17-20(22)24-21(23)4-2/h4,14,16-17,19H,2-3,5-13,15,18H2,1H3/q+1. The second-order valence-electron chi connectivity index (χ2n) is 6.39. The van der Waals surface area contributed by atoms with E-state index in [4.69, 9.17) is 4.74 Å². The zero-order valence-corrected chi connectivity index (χ0v) is 15.3. The molecule has 0 fully saturated rings. The molecule has 0 atom stereocenters. The van der Waals surface area contributed by atoms with Crippen LogP contribution in [0.15, 0.2) is 37.1 Å². The molecule has 0 spiro atoms. The summed E-state index contributed by atoms with van der Waals surface area (Å²) in [5.41, 5.74) is 0. The molecule has 1 aromatic rings. The molecule has 0 bridgehead atoms. The lowest BCUT2D eigenvalue weighted by Crippen LogP contribution is -2.36. The highest BCUT2D eigenvalue weighted by Gasteiger charge is 2.12. The molecule has 0 saturated heterocycles. The van der Waals surface area contributed by atoms with Crippen LogP contribution in [0.4, 0.5) is 0 Å². The van der Waals surface area contributed by atoms with Crippen LogP contribution in [0.2, 0.25) is 0 Å². The molecule has 134 valence electrons. The number of unbranched alkanes of at least 4 members (excludes halogenated alkanes) is 10. The average Bonchev–Trinajstić information content (AvgIpc) is 2.60. The molecule has 0 radical (unpaired) electrons. The van der Waals surface area contributed by atoms with E-state index < -0.39 is 5.97 Å². The van der Waals surface area contributed by atoms with E-state index in [-0.39, 0.29) is 0 Å². The van der Waals surface area contributed by atoms with Crippen molar-refractivity contribution in [2.45, 2.75) is 84.1 Å². The highest BCUT2D eigenvalue weighted by atomic mass is 16.5. The van der Waals surface area contributed by atoms with E-state index in [0.717, 1.165) is 13.0 Å². The van der Waals surface area contributed by atoms with E-state index in [9.17, 15) is 4.79 Å². The Labute approximate surface area is 147 Å². The fraction of sp³-hybridized carbons (Fsp3) is 0.619. The summed E-state index contributed by atoms with van der Waals surface area (Å²) < 4.78 is 7.25. The van der Waals surface area contributed by atoms with E-state index in [1.807, 2.05) is 29.0 Å². The van der Waals surface area contributed by atoms with Gasteiger partial charge >= 0.3 is 11.8 Å². The summed E-state index contributed by atoms with van der Waals surface area (Å²) in [6.07, 6.45) is 17.8. The number of carbonyl (C=O) groups is 1. The average molecular weight is 333 g/mol. The molecule has 0 amide bonds. The van der Waals surface area contributed by atoms with Gasteiger partial charge < -0.3 is 4.74 Å². The van der Waals surface area contributed by atoms with E-state index in [0.29, 0.717) is 5.88 Å². The molecule has 1 aromatic heterocycles. The Morgan fingerprint density at radius 1 is 1.00 bits per heavy atom. The molecule has 0 N–H and O–H groups in total. The van der Waals surface area contributed by atoms with Crippen LogP contribution >= 0.6 is 0 Å². The molecule has 0 aliphatic heterocycles. The Morgan fingerprint density at radius 2 is 1.58 bits per heavy atom. The quantitative estimate of drug-likeness (QED) is 0.198. The van der Waals surface area contributed by atoms with Crippen LogP contribution in [0.1, 0.15) is 77.6 Å². The van der Waals surface area contributed by atoms with Crippen molar-refractivity contribution < 1.29 is 14.1 Å². The lowest BCUT2D eigenvalue weighted by atomic mass is 10.1. The van der Waals surface area contributed by atoms with Gasteiger partial charge in [-0.2, -0.15) is 4.57 Å². The van der Waals surface area contributed by atoms with Crippen molar-refractivity contribution in [3.05, 3.63) is 37.1 Å². The van der Waals surface area contributed by atoms with Gasteiger partial charge in [0.1, 0.15) is 0 Å². The summed E-state index contributed by atoms with van der Waals surface area (Å²) in [6.45, 7) is 6.58. The van der Waals surface area contributed by atoms with Gasteiger partial charge in [-0.05, 0) is 12.5 Å². The van der Waals surface area contributed by atoms with Crippen molar-refractivity contribution in [2.24, 2.45) is 0 Å². The molecular weight excluding hydrogens is 298 g/mol. The molecule has 3 nitrogen and oxygen atoms in total. The maximum absolute atomic E-state index is 11.3. The van der Waals surface area contributed by atoms with E-state index in [1.165, 1.54) is 70.3 Å². The number of nitrogens with zero attached hydrogens (tertiary/aromatic N) is 1. The Hall–Kier alpha value is -1.64. The molecule has 0 unspecified atom stereocenters. The third kappa shape index (κ3) is 9.49. The van der Waals surface area contributed by atoms with Gasteiger partial charge in [-0.25, -0.2) is 4.79 Å². The number of carbonyl (C=O) groups excluding carboxylic acids is 1. The highest BCUT2D eigenvalue weighted by molar-refractivity contribution is 5.82. The molecular formula is C21H34NO2+. The Morgan fingerprint density at radius 3 is 2.17 bits per heavy atom. The monoisotopic (exact) mass is 332 g/mol. The maximum Gasteiger partial charge on any atom is 0.375 e. The van der Waals surface area contributed by atoms with E-state index >= 15 is 0 Å². The molecule has 1 heterocycles. The molecule has 0 aliphatic rings. The molecule has 3 heteroatoms. The van der Waals surface area contributed by atoms with Crippen molar-refractivity contribution in [1.82, 2.24) is 0 Å². The normalized spacial score (nSPS) is 10.5. The zero-order chi connectivity index (χ0) is 17.5. The number of aryl methyl sites for hydroxylation is 1. The van der Waals surface area contributed by atoms with Gasteiger partial charge in [-0.15, -0.1) is 0 Å². The van der Waals surface area contributed by atoms with Crippen LogP contribution in [0.3, 0.4) is 0 Å². The first kappa shape index (κ1) is 20.4. The number of hydrogen-bond acceptors (Lipinski definition) is 2. The van der Waals surface area contributed by atoms with Gasteiger partial charge in [-0.3, -0.25) is 0 Å². The number of aromatic nitrogens is 1. The minimum absolute atomic E-state index is 0.408. The van der Waals surface area contributed by atoms with E-state index in [1.54, 1.807) is 0 Å². The van der Waals surface area contributed by atoms with Gasteiger partial charge in [0.15, 0.2) is 12.7 Å². The lowest BCUT2D eigenvalue weighted by Gasteiger charge is -2.04. The summed E-state index contributed by atoms with van der Waals surface area (Å²) in [4.78, 5) is 11.3. The van der Waals surface area contributed by atoms with Crippen LogP contribution in [0.25, 0.3) is 0 Å². The second kappa shape index (κ2) is 13.8. The summed E-state index contributed by atoms with van der Waals surface area (Å²) in [5, 5.41) is 0. The number of esters is 1. The second-order valence-corrected chi connectivity index (χ2v) is 6.39. The summed E-state index contributed by atoms with van der Waals surface area (Å²) in [6, 6.07) is 5.66. The summed E-state index contributed by atoms with van der Waals surface area (Å²) >= 11 is 0. The summed E-state index contributed by atoms with van der Waals surface area (Å²) in [5.74, 6) is 0.184. The Balaban J connectivity index is 2.09. The van der Waals surface area contributed by atoms with Crippen LogP contribution in [0.5, 0.6) is 5.88 Å². The predicted octanol–water partition coefficient (Wildman–Crippen LogP) is 5.38. The number of ether oxygens (including phenoxy) is 1. The van der Waals surface area contributed by atoms with Crippen molar-refractivity contribution in [2.75, 3.05) is 0 Å². The zero-order valence-electron chi connectivity index (χ0n) is 15.3. The van der Waals surface area contributed by atoms with Gasteiger partial charge in [0.2, 0.25) is 0 Å². The van der Waals surface area contributed by atoms with Crippen LogP contribution in [0, 0.1) is 0 Å². The number of pyridine rings is 1. The number of hydrogen-bond donors (Lipinski definition) is 0. The Kier molecular flexibility index (Phi) is 11.7. The molecule has 0 aliphatic carbocycles. The third-order valence-corrected chi connectivity index (χ3v) is 4.27. The Bertz CT molecular complexity index is 471. The summed E-state index contributed by atoms with van der Waals surface area (Å²) in [7, 11) is 0. The largest absolute Gasteiger partial charge is 0.375 e. The third-order valence-electron chi connectivity index (χ3n) is 4.27. The first-order valence-electron chi connectivity index (χ1n) is 9.60. The first-order valence-corrected chi connectivity index (χ1v) is 9.60. The topological polar surface area (TPSA) is 30.2 Å². The lowest BCUT2D eigenvalue weighted by molar-refractivity contribution is -0.700. The maximum atomic E-state index is 11.3. The van der Waals surface area contributed by atoms with Gasteiger partial charge in [0, 0.05) is 18.6 Å². The highest BCUT2D eigenvalue weighted by Crippen LogP contribution is 2.11. The van der Waals surface area contributed by atoms with E-state index in [2.05, 4.69) is 13.5 Å². The molecule has 0 aromatic carbocycles. The molecule has 1 rings (SSSR count). The fourth-order valence-electron chi connectivity index (χ4n) is 2.83. The molecule has 0 saturated carbocycles. The van der Waals surface area contributed by atoms with Crippen LogP contribution in [-0.4, -0.2) is 5.97 Å². The molecule has 24 heavy (non-hydrogen) atoms. The minimum atomic E-state index is -0.408.